The van der Waals surface area contributed by atoms with Gasteiger partial charge in [-0.2, -0.15) is 0 Å². The van der Waals surface area contributed by atoms with Gasteiger partial charge in [0.1, 0.15) is 17.4 Å². The lowest BCUT2D eigenvalue weighted by molar-refractivity contribution is -0.131. The lowest BCUT2D eigenvalue weighted by Gasteiger charge is -2.38. The van der Waals surface area contributed by atoms with Gasteiger partial charge in [0.15, 0.2) is 0 Å². The van der Waals surface area contributed by atoms with E-state index in [1.54, 1.807) is 0 Å². The second-order valence-corrected chi connectivity index (χ2v) is 7.22. The minimum Gasteiger partial charge on any atom is -0.323 e. The summed E-state index contributed by atoms with van der Waals surface area (Å²) in [5, 5.41) is 2.50. The molecule has 1 aromatic carbocycles. The van der Waals surface area contributed by atoms with E-state index in [0.29, 0.717) is 12.8 Å². The van der Waals surface area contributed by atoms with E-state index in [0.717, 1.165) is 18.2 Å². The highest BCUT2D eigenvalue weighted by Gasteiger charge is 2.72. The monoisotopic (exact) mass is 307 g/mol. The molecular formula is C17H19F2NO2. The van der Waals surface area contributed by atoms with Gasteiger partial charge in [-0.05, 0) is 30.4 Å². The minimum atomic E-state index is -0.850. The first-order chi connectivity index (χ1) is 10.1. The largest absolute Gasteiger partial charge is 0.323 e. The SMILES string of the molecule is CC1(C)[C@]2(C(=O)Nc3cc(F)ccc3F)CC[C@@]1(C)C(=O)C2. The molecule has 5 heteroatoms. The summed E-state index contributed by atoms with van der Waals surface area (Å²) in [5.41, 5.74) is -2.06. The van der Waals surface area contributed by atoms with Crippen LogP contribution in [0.15, 0.2) is 18.2 Å². The van der Waals surface area contributed by atoms with Crippen LogP contribution in [-0.2, 0) is 9.59 Å². The number of benzene rings is 1. The van der Waals surface area contributed by atoms with E-state index in [-0.39, 0.29) is 17.9 Å². The molecule has 0 saturated heterocycles. The standard InChI is InChI=1S/C17H19F2NO2/c1-15(2)16(3)6-7-17(15,9-13(16)21)14(22)20-12-8-10(18)4-5-11(12)19/h4-5,8H,6-7,9H2,1-3H3,(H,20,22)/t16-,17+/m0/s1. The Morgan fingerprint density at radius 1 is 1.18 bits per heavy atom. The lowest BCUT2D eigenvalue weighted by Crippen LogP contribution is -2.43. The van der Waals surface area contributed by atoms with Gasteiger partial charge in [0.25, 0.3) is 0 Å². The zero-order valence-corrected chi connectivity index (χ0v) is 12.9. The number of hydrogen-bond acceptors (Lipinski definition) is 2. The summed E-state index contributed by atoms with van der Waals surface area (Å²) in [4.78, 5) is 25.2. The number of Topliss-reactive ketones (excluding diaryl/α,β-unsaturated/α-hetero) is 1. The first-order valence-corrected chi connectivity index (χ1v) is 7.44. The van der Waals surface area contributed by atoms with Crippen LogP contribution in [0.25, 0.3) is 0 Å². The van der Waals surface area contributed by atoms with Gasteiger partial charge in [0.05, 0.1) is 11.1 Å². The molecule has 1 aromatic rings. The lowest BCUT2D eigenvalue weighted by atomic mass is 9.64. The Kier molecular flexibility index (Phi) is 3.00. The summed E-state index contributed by atoms with van der Waals surface area (Å²) >= 11 is 0. The van der Waals surface area contributed by atoms with E-state index in [4.69, 9.17) is 0 Å². The first kappa shape index (κ1) is 15.1. The van der Waals surface area contributed by atoms with Gasteiger partial charge in [0, 0.05) is 17.9 Å². The van der Waals surface area contributed by atoms with Crippen molar-refractivity contribution in [3.63, 3.8) is 0 Å². The summed E-state index contributed by atoms with van der Waals surface area (Å²) in [6, 6.07) is 2.94. The number of carbonyl (C=O) groups is 2. The highest BCUT2D eigenvalue weighted by Crippen LogP contribution is 2.70. The van der Waals surface area contributed by atoms with Crippen LogP contribution in [0.1, 0.15) is 40.0 Å². The molecule has 0 aliphatic heterocycles. The maximum Gasteiger partial charge on any atom is 0.231 e. The molecule has 2 bridgehead atoms. The molecule has 0 radical (unpaired) electrons. The molecule has 2 atom stereocenters. The fourth-order valence-corrected chi connectivity index (χ4v) is 4.20. The van der Waals surface area contributed by atoms with Gasteiger partial charge < -0.3 is 5.32 Å². The summed E-state index contributed by atoms with van der Waals surface area (Å²) in [5.74, 6) is -1.61. The van der Waals surface area contributed by atoms with E-state index >= 15 is 0 Å². The molecule has 118 valence electrons. The molecule has 22 heavy (non-hydrogen) atoms. The van der Waals surface area contributed by atoms with Gasteiger partial charge in [0.2, 0.25) is 5.91 Å². The first-order valence-electron chi connectivity index (χ1n) is 7.44. The fourth-order valence-electron chi connectivity index (χ4n) is 4.20. The number of rotatable bonds is 2. The molecule has 2 fully saturated rings. The van der Waals surface area contributed by atoms with Crippen molar-refractivity contribution in [3.8, 4) is 0 Å². The van der Waals surface area contributed by atoms with Crippen LogP contribution >= 0.6 is 0 Å². The third-order valence-electron chi connectivity index (χ3n) is 6.32. The van der Waals surface area contributed by atoms with Crippen molar-refractivity contribution in [3.05, 3.63) is 29.8 Å². The molecule has 0 heterocycles. The number of fused-ring (bicyclic) bond motifs is 2. The number of amides is 1. The number of ketones is 1. The molecule has 0 unspecified atom stereocenters. The van der Waals surface area contributed by atoms with Crippen LogP contribution < -0.4 is 5.32 Å². The second-order valence-electron chi connectivity index (χ2n) is 7.22. The number of hydrogen-bond donors (Lipinski definition) is 1. The van der Waals surface area contributed by atoms with E-state index in [1.807, 2.05) is 20.8 Å². The minimum absolute atomic E-state index is 0.0821. The van der Waals surface area contributed by atoms with E-state index in [9.17, 15) is 18.4 Å². The second kappa shape index (κ2) is 4.37. The highest BCUT2D eigenvalue weighted by atomic mass is 19.1. The summed E-state index contributed by atoms with van der Waals surface area (Å²) in [6.45, 7) is 5.75. The van der Waals surface area contributed by atoms with Crippen LogP contribution in [0, 0.1) is 27.9 Å². The zero-order chi connectivity index (χ0) is 16.3. The van der Waals surface area contributed by atoms with E-state index in [2.05, 4.69) is 5.32 Å². The highest BCUT2D eigenvalue weighted by molar-refractivity contribution is 6.04. The molecule has 0 aromatic heterocycles. The van der Waals surface area contributed by atoms with Crippen LogP contribution in [0.4, 0.5) is 14.5 Å². The third-order valence-corrected chi connectivity index (χ3v) is 6.32. The Bertz CT molecular complexity index is 685. The smallest absolute Gasteiger partial charge is 0.231 e. The molecule has 3 nitrogen and oxygen atoms in total. The van der Waals surface area contributed by atoms with Crippen LogP contribution in [0.5, 0.6) is 0 Å². The van der Waals surface area contributed by atoms with Crippen LogP contribution in [-0.4, -0.2) is 11.7 Å². The number of nitrogens with one attached hydrogen (secondary N) is 1. The average Bonchev–Trinajstić information content (AvgIpc) is 2.73. The normalized spacial score (nSPS) is 32.3. The number of carbonyl (C=O) groups excluding carboxylic acids is 2. The van der Waals surface area contributed by atoms with Crippen molar-refractivity contribution >= 4 is 17.4 Å². The van der Waals surface area contributed by atoms with Gasteiger partial charge in [-0.3, -0.25) is 9.59 Å². The topological polar surface area (TPSA) is 46.2 Å². The van der Waals surface area contributed by atoms with E-state index < -0.39 is 33.8 Å². The quantitative estimate of drug-likeness (QED) is 0.905. The van der Waals surface area contributed by atoms with Gasteiger partial charge in [-0.15, -0.1) is 0 Å². The Morgan fingerprint density at radius 2 is 1.86 bits per heavy atom. The molecule has 2 saturated carbocycles. The van der Waals surface area contributed by atoms with Gasteiger partial charge >= 0.3 is 0 Å². The Balaban J connectivity index is 1.96. The van der Waals surface area contributed by atoms with Crippen molar-refractivity contribution in [1.29, 1.82) is 0 Å². The Morgan fingerprint density at radius 3 is 2.41 bits per heavy atom. The van der Waals surface area contributed by atoms with Crippen molar-refractivity contribution < 1.29 is 18.4 Å². The predicted molar refractivity (Wildman–Crippen MR) is 78.2 cm³/mol. The molecular weight excluding hydrogens is 288 g/mol. The summed E-state index contributed by atoms with van der Waals surface area (Å²) in [7, 11) is 0. The molecule has 1 amide bonds. The number of halogens is 2. The van der Waals surface area contributed by atoms with Crippen molar-refractivity contribution in [2.45, 2.75) is 40.0 Å². The predicted octanol–water partition coefficient (Wildman–Crippen LogP) is 3.69. The molecule has 3 rings (SSSR count). The van der Waals surface area contributed by atoms with E-state index in [1.165, 1.54) is 0 Å². The zero-order valence-electron chi connectivity index (χ0n) is 12.9. The van der Waals surface area contributed by atoms with Crippen molar-refractivity contribution in [2.75, 3.05) is 5.32 Å². The van der Waals surface area contributed by atoms with Gasteiger partial charge in [-0.25, -0.2) is 8.78 Å². The van der Waals surface area contributed by atoms with Crippen LogP contribution in [0.2, 0.25) is 0 Å². The molecule has 1 N–H and O–H groups in total. The maximum atomic E-state index is 13.8. The Labute approximate surface area is 128 Å². The van der Waals surface area contributed by atoms with Crippen molar-refractivity contribution in [2.24, 2.45) is 16.2 Å². The van der Waals surface area contributed by atoms with Gasteiger partial charge in [-0.1, -0.05) is 20.8 Å². The van der Waals surface area contributed by atoms with Crippen molar-refractivity contribution in [1.82, 2.24) is 0 Å². The molecule has 2 aliphatic carbocycles. The summed E-state index contributed by atoms with van der Waals surface area (Å²) in [6.07, 6.45) is 1.40. The third kappa shape index (κ3) is 1.65. The fraction of sp³-hybridized carbons (Fsp3) is 0.529. The summed E-state index contributed by atoms with van der Waals surface area (Å²) < 4.78 is 27.0. The Hall–Kier alpha value is -1.78. The maximum absolute atomic E-state index is 13.8. The average molecular weight is 307 g/mol. The molecule has 2 aliphatic rings. The number of anilines is 1. The molecule has 0 spiro atoms. The van der Waals surface area contributed by atoms with Crippen LogP contribution in [0.3, 0.4) is 0 Å².